The number of pyridine rings is 1. The lowest BCUT2D eigenvalue weighted by atomic mass is 10.4. The Bertz CT molecular complexity index is 487. The Balaban J connectivity index is 2.71. The van der Waals surface area contributed by atoms with Crippen molar-refractivity contribution in [2.75, 3.05) is 0 Å². The Kier molecular flexibility index (Phi) is 1.04. The number of thiophene rings is 1. The Hall–Kier alpha value is -1.42. The Morgan fingerprint density at radius 3 is 3.25 bits per heavy atom. The molecule has 0 radical (unpaired) electrons. The first-order valence-electron chi connectivity index (χ1n) is 3.61. The van der Waals surface area contributed by atoms with Gasteiger partial charge in [0.15, 0.2) is 5.65 Å². The molecule has 3 rings (SSSR count). The summed E-state index contributed by atoms with van der Waals surface area (Å²) in [6, 6.07) is 6.13. The van der Waals surface area contributed by atoms with Crippen LogP contribution in [0.1, 0.15) is 0 Å². The highest BCUT2D eigenvalue weighted by atomic mass is 32.1. The molecular weight excluding hydrogens is 170 g/mol. The molecule has 4 heteroatoms. The van der Waals surface area contributed by atoms with Gasteiger partial charge < -0.3 is 0 Å². The van der Waals surface area contributed by atoms with Gasteiger partial charge in [-0.1, -0.05) is 0 Å². The van der Waals surface area contributed by atoms with Crippen molar-refractivity contribution in [2.24, 2.45) is 0 Å². The van der Waals surface area contributed by atoms with Crippen molar-refractivity contribution >= 4 is 27.2 Å². The molecule has 3 heterocycles. The quantitative estimate of drug-likeness (QED) is 0.522. The lowest BCUT2D eigenvalue weighted by molar-refractivity contribution is 1.11. The van der Waals surface area contributed by atoms with E-state index >= 15 is 0 Å². The Labute approximate surface area is 72.3 Å². The minimum Gasteiger partial charge on any atom is -0.281 e. The van der Waals surface area contributed by atoms with Gasteiger partial charge in [-0.15, -0.1) is 21.5 Å². The minimum atomic E-state index is 0.904. The molecule has 0 aliphatic carbocycles. The molecule has 0 aromatic carbocycles. The van der Waals surface area contributed by atoms with Crippen LogP contribution in [0.15, 0.2) is 29.9 Å². The largest absolute Gasteiger partial charge is 0.281 e. The van der Waals surface area contributed by atoms with Crippen LogP contribution in [0, 0.1) is 0 Å². The predicted molar refractivity (Wildman–Crippen MR) is 48.4 cm³/mol. The lowest BCUT2D eigenvalue weighted by Gasteiger charge is -1.92. The van der Waals surface area contributed by atoms with Gasteiger partial charge in [0.25, 0.3) is 0 Å². The molecule has 0 aliphatic heterocycles. The molecule has 58 valence electrons. The maximum atomic E-state index is 3.97. The summed E-state index contributed by atoms with van der Waals surface area (Å²) in [6.45, 7) is 0. The number of hydrogen-bond donors (Lipinski definition) is 0. The van der Waals surface area contributed by atoms with Crippen molar-refractivity contribution in [1.82, 2.24) is 14.6 Å². The summed E-state index contributed by atoms with van der Waals surface area (Å²) in [5, 5.41) is 9.89. The average Bonchev–Trinajstić information content (AvgIpc) is 2.71. The molecule has 0 N–H and O–H groups in total. The number of nitrogens with zero attached hydrogens (tertiary/aromatic N) is 3. The van der Waals surface area contributed by atoms with Gasteiger partial charge in [-0.3, -0.25) is 4.40 Å². The van der Waals surface area contributed by atoms with Crippen LogP contribution in [0.3, 0.4) is 0 Å². The summed E-state index contributed by atoms with van der Waals surface area (Å²) in [5.74, 6) is 0. The van der Waals surface area contributed by atoms with Gasteiger partial charge in [-0.05, 0) is 23.6 Å². The third kappa shape index (κ3) is 0.648. The smallest absolute Gasteiger partial charge is 0.161 e. The van der Waals surface area contributed by atoms with Gasteiger partial charge in [0, 0.05) is 0 Å². The van der Waals surface area contributed by atoms with Crippen LogP contribution in [0.2, 0.25) is 0 Å². The van der Waals surface area contributed by atoms with Crippen LogP contribution < -0.4 is 0 Å². The van der Waals surface area contributed by atoms with E-state index in [0.29, 0.717) is 0 Å². The second kappa shape index (κ2) is 2.04. The van der Waals surface area contributed by atoms with E-state index in [2.05, 4.69) is 27.7 Å². The first-order valence-corrected chi connectivity index (χ1v) is 4.49. The summed E-state index contributed by atoms with van der Waals surface area (Å²) >= 11 is 1.73. The second-order valence-corrected chi connectivity index (χ2v) is 3.51. The van der Waals surface area contributed by atoms with Crippen LogP contribution in [0.5, 0.6) is 0 Å². The summed E-state index contributed by atoms with van der Waals surface area (Å²) in [4.78, 5) is 0. The van der Waals surface area contributed by atoms with Crippen LogP contribution in [-0.4, -0.2) is 14.6 Å². The standard InChI is InChI=1S/C8H5N3S/c1-2-8-10-9-5-11(8)6-3-4-12-7(1)6/h1-5H. The molecule has 0 fully saturated rings. The number of hydrogen-bond acceptors (Lipinski definition) is 3. The van der Waals surface area contributed by atoms with E-state index < -0.39 is 0 Å². The maximum absolute atomic E-state index is 3.97. The van der Waals surface area contributed by atoms with Crippen LogP contribution in [0.4, 0.5) is 0 Å². The van der Waals surface area contributed by atoms with Gasteiger partial charge in [0.1, 0.15) is 6.33 Å². The third-order valence-corrected chi connectivity index (χ3v) is 2.76. The number of aromatic nitrogens is 3. The molecule has 0 amide bonds. The van der Waals surface area contributed by atoms with E-state index in [9.17, 15) is 0 Å². The van der Waals surface area contributed by atoms with Gasteiger partial charge >= 0.3 is 0 Å². The Morgan fingerprint density at radius 1 is 1.25 bits per heavy atom. The molecule has 0 bridgehead atoms. The van der Waals surface area contributed by atoms with Gasteiger partial charge in [-0.25, -0.2) is 0 Å². The van der Waals surface area contributed by atoms with E-state index in [-0.39, 0.29) is 0 Å². The van der Waals surface area contributed by atoms with Crippen molar-refractivity contribution in [3.05, 3.63) is 29.9 Å². The fraction of sp³-hybridized carbons (Fsp3) is 0. The van der Waals surface area contributed by atoms with Crippen molar-refractivity contribution in [1.29, 1.82) is 0 Å². The zero-order valence-electron chi connectivity index (χ0n) is 6.14. The number of fused-ring (bicyclic) bond motifs is 3. The van der Waals surface area contributed by atoms with Gasteiger partial charge in [0.05, 0.1) is 10.2 Å². The van der Waals surface area contributed by atoms with E-state index in [1.165, 1.54) is 10.2 Å². The monoisotopic (exact) mass is 175 g/mol. The van der Waals surface area contributed by atoms with E-state index in [4.69, 9.17) is 0 Å². The SMILES string of the molecule is c1cc2c(ccc3nncn32)s1. The first-order chi connectivity index (χ1) is 5.95. The molecule has 3 aromatic rings. The van der Waals surface area contributed by atoms with Crippen LogP contribution in [-0.2, 0) is 0 Å². The summed E-state index contributed by atoms with van der Waals surface area (Å²) in [6.07, 6.45) is 1.74. The lowest BCUT2D eigenvalue weighted by Crippen LogP contribution is -1.81. The van der Waals surface area contributed by atoms with Crippen molar-refractivity contribution in [2.45, 2.75) is 0 Å². The maximum Gasteiger partial charge on any atom is 0.161 e. The minimum absolute atomic E-state index is 0.904. The van der Waals surface area contributed by atoms with Gasteiger partial charge in [0.2, 0.25) is 0 Å². The second-order valence-electron chi connectivity index (χ2n) is 2.56. The molecule has 0 atom stereocenters. The normalized spacial score (nSPS) is 11.3. The molecule has 0 saturated carbocycles. The number of rotatable bonds is 0. The average molecular weight is 175 g/mol. The molecule has 0 aliphatic rings. The predicted octanol–water partition coefficient (Wildman–Crippen LogP) is 1.94. The topological polar surface area (TPSA) is 30.2 Å². The van der Waals surface area contributed by atoms with E-state index in [0.717, 1.165) is 5.65 Å². The fourth-order valence-corrected chi connectivity index (χ4v) is 2.11. The Morgan fingerprint density at radius 2 is 2.25 bits per heavy atom. The van der Waals surface area contributed by atoms with Crippen molar-refractivity contribution in [3.63, 3.8) is 0 Å². The van der Waals surface area contributed by atoms with Gasteiger partial charge in [-0.2, -0.15) is 0 Å². The molecule has 0 spiro atoms. The van der Waals surface area contributed by atoms with E-state index in [1.807, 2.05) is 10.5 Å². The van der Waals surface area contributed by atoms with Crippen molar-refractivity contribution in [3.8, 4) is 0 Å². The highest BCUT2D eigenvalue weighted by Crippen LogP contribution is 2.20. The summed E-state index contributed by atoms with van der Waals surface area (Å²) in [7, 11) is 0. The molecule has 12 heavy (non-hydrogen) atoms. The zero-order chi connectivity index (χ0) is 7.97. The summed E-state index contributed by atoms with van der Waals surface area (Å²) in [5.41, 5.74) is 2.09. The fourth-order valence-electron chi connectivity index (χ4n) is 1.33. The highest BCUT2D eigenvalue weighted by Gasteiger charge is 2.00. The summed E-state index contributed by atoms with van der Waals surface area (Å²) < 4.78 is 3.26. The zero-order valence-corrected chi connectivity index (χ0v) is 6.95. The molecule has 3 aromatic heterocycles. The molecule has 0 saturated heterocycles. The highest BCUT2D eigenvalue weighted by molar-refractivity contribution is 7.17. The molecule has 0 unspecified atom stereocenters. The van der Waals surface area contributed by atoms with Crippen molar-refractivity contribution < 1.29 is 0 Å². The third-order valence-electron chi connectivity index (χ3n) is 1.89. The van der Waals surface area contributed by atoms with E-state index in [1.54, 1.807) is 17.7 Å². The molecular formula is C8H5N3S. The van der Waals surface area contributed by atoms with Crippen LogP contribution in [0.25, 0.3) is 15.9 Å². The first kappa shape index (κ1) is 6.14. The van der Waals surface area contributed by atoms with Crippen LogP contribution >= 0.6 is 11.3 Å². The molecule has 3 nitrogen and oxygen atoms in total.